The summed E-state index contributed by atoms with van der Waals surface area (Å²) in [5, 5.41) is 0. The topological polar surface area (TPSA) is 34.1 Å². The SMILES string of the molecule is CCCCC(CCCC)(CCCC)C(=CCCC(C)=CC=O)CC(C)=O. The van der Waals surface area contributed by atoms with Gasteiger partial charge in [0.05, 0.1) is 0 Å². The fourth-order valence-corrected chi connectivity index (χ4v) is 3.82. The molecule has 0 amide bonds. The Balaban J connectivity index is 5.65. The fourth-order valence-electron chi connectivity index (χ4n) is 3.82. The van der Waals surface area contributed by atoms with Crippen LogP contribution >= 0.6 is 0 Å². The van der Waals surface area contributed by atoms with E-state index in [-0.39, 0.29) is 11.2 Å². The summed E-state index contributed by atoms with van der Waals surface area (Å²) in [6, 6.07) is 0. The van der Waals surface area contributed by atoms with Gasteiger partial charge in [0, 0.05) is 6.42 Å². The van der Waals surface area contributed by atoms with Gasteiger partial charge in [-0.2, -0.15) is 0 Å². The number of hydrogen-bond donors (Lipinski definition) is 0. The van der Waals surface area contributed by atoms with Crippen LogP contribution in [-0.4, -0.2) is 12.1 Å². The van der Waals surface area contributed by atoms with Crippen LogP contribution in [0.2, 0.25) is 0 Å². The van der Waals surface area contributed by atoms with Gasteiger partial charge in [0.1, 0.15) is 12.1 Å². The summed E-state index contributed by atoms with van der Waals surface area (Å²) in [6.45, 7) is 10.5. The van der Waals surface area contributed by atoms with Gasteiger partial charge in [-0.25, -0.2) is 0 Å². The lowest BCUT2D eigenvalue weighted by Crippen LogP contribution is -2.25. The Morgan fingerprint density at radius 3 is 1.77 bits per heavy atom. The number of hydrogen-bond acceptors (Lipinski definition) is 2. The highest BCUT2D eigenvalue weighted by Gasteiger charge is 2.32. The van der Waals surface area contributed by atoms with Crippen molar-refractivity contribution in [2.24, 2.45) is 5.41 Å². The molecule has 26 heavy (non-hydrogen) atoms. The van der Waals surface area contributed by atoms with Crippen molar-refractivity contribution in [3.8, 4) is 0 Å². The smallest absolute Gasteiger partial charge is 0.142 e. The third-order valence-corrected chi connectivity index (χ3v) is 5.43. The largest absolute Gasteiger partial charge is 0.300 e. The number of carbonyl (C=O) groups excluding carboxylic acids is 2. The zero-order valence-electron chi connectivity index (χ0n) is 18.0. The van der Waals surface area contributed by atoms with Gasteiger partial charge >= 0.3 is 0 Å². The number of allylic oxidation sites excluding steroid dienone is 4. The van der Waals surface area contributed by atoms with Gasteiger partial charge in [0.15, 0.2) is 0 Å². The van der Waals surface area contributed by atoms with E-state index < -0.39 is 0 Å². The van der Waals surface area contributed by atoms with Crippen LogP contribution in [0.5, 0.6) is 0 Å². The molecule has 0 saturated carbocycles. The number of Topliss-reactive ketones (excluding diaryl/α,β-unsaturated/α-hetero) is 1. The highest BCUT2D eigenvalue weighted by atomic mass is 16.1. The summed E-state index contributed by atoms with van der Waals surface area (Å²) in [5.41, 5.74) is 2.68. The van der Waals surface area contributed by atoms with Crippen molar-refractivity contribution in [3.05, 3.63) is 23.3 Å². The van der Waals surface area contributed by atoms with Gasteiger partial charge in [0.25, 0.3) is 0 Å². The number of carbonyl (C=O) groups is 2. The molecule has 0 aliphatic heterocycles. The quantitative estimate of drug-likeness (QED) is 0.163. The molecule has 0 fully saturated rings. The van der Waals surface area contributed by atoms with Crippen LogP contribution in [0.4, 0.5) is 0 Å². The average Bonchev–Trinajstić information content (AvgIpc) is 2.60. The molecule has 0 aromatic carbocycles. The van der Waals surface area contributed by atoms with Gasteiger partial charge in [-0.15, -0.1) is 0 Å². The summed E-state index contributed by atoms with van der Waals surface area (Å²) in [6.07, 6.45) is 18.2. The maximum atomic E-state index is 12.0. The first kappa shape index (κ1) is 24.8. The molecule has 0 unspecified atom stereocenters. The molecule has 0 aliphatic rings. The molecule has 150 valence electrons. The Bertz CT molecular complexity index is 435. The maximum absolute atomic E-state index is 12.0. The van der Waals surface area contributed by atoms with E-state index in [0.29, 0.717) is 6.42 Å². The summed E-state index contributed by atoms with van der Waals surface area (Å²) in [7, 11) is 0. The molecule has 0 N–H and O–H groups in total. The van der Waals surface area contributed by atoms with E-state index in [2.05, 4.69) is 26.8 Å². The summed E-state index contributed by atoms with van der Waals surface area (Å²) >= 11 is 0. The minimum atomic E-state index is 0.190. The Kier molecular flexibility index (Phi) is 14.3. The lowest BCUT2D eigenvalue weighted by Gasteiger charge is -2.37. The van der Waals surface area contributed by atoms with E-state index in [1.54, 1.807) is 13.0 Å². The molecule has 0 heterocycles. The lowest BCUT2D eigenvalue weighted by molar-refractivity contribution is -0.116. The predicted molar refractivity (Wildman–Crippen MR) is 113 cm³/mol. The van der Waals surface area contributed by atoms with Crippen LogP contribution in [0.3, 0.4) is 0 Å². The normalized spacial score (nSPS) is 13.1. The van der Waals surface area contributed by atoms with Crippen LogP contribution in [0.1, 0.15) is 112 Å². The van der Waals surface area contributed by atoms with Gasteiger partial charge in [-0.3, -0.25) is 9.59 Å². The Hall–Kier alpha value is -1.18. The van der Waals surface area contributed by atoms with Crippen LogP contribution in [0, 0.1) is 5.41 Å². The van der Waals surface area contributed by atoms with Crippen LogP contribution in [-0.2, 0) is 9.59 Å². The summed E-state index contributed by atoms with van der Waals surface area (Å²) in [5.74, 6) is 0.269. The molecular formula is C24H42O2. The highest BCUT2D eigenvalue weighted by Crippen LogP contribution is 2.45. The number of aldehydes is 1. The van der Waals surface area contributed by atoms with Gasteiger partial charge in [-0.05, 0) is 57.4 Å². The lowest BCUT2D eigenvalue weighted by atomic mass is 9.67. The van der Waals surface area contributed by atoms with E-state index in [0.717, 1.165) is 24.7 Å². The molecular weight excluding hydrogens is 320 g/mol. The van der Waals surface area contributed by atoms with E-state index in [4.69, 9.17) is 0 Å². The molecule has 0 aromatic heterocycles. The first-order valence-electron chi connectivity index (χ1n) is 10.8. The highest BCUT2D eigenvalue weighted by molar-refractivity contribution is 5.78. The van der Waals surface area contributed by atoms with Crippen molar-refractivity contribution in [1.82, 2.24) is 0 Å². The molecule has 0 atom stereocenters. The molecule has 0 bridgehead atoms. The molecule has 0 rings (SSSR count). The second-order valence-electron chi connectivity index (χ2n) is 7.89. The third-order valence-electron chi connectivity index (χ3n) is 5.43. The number of rotatable bonds is 16. The van der Waals surface area contributed by atoms with Gasteiger partial charge in [0.2, 0.25) is 0 Å². The second-order valence-corrected chi connectivity index (χ2v) is 7.89. The van der Waals surface area contributed by atoms with Crippen LogP contribution in [0.15, 0.2) is 23.3 Å². The second kappa shape index (κ2) is 14.9. The predicted octanol–water partition coefficient (Wildman–Crippen LogP) is 7.37. The standard InChI is InChI=1S/C24H42O2/c1-6-9-16-24(17-10-7-2,18-11-8-3)23(20-22(5)26)14-12-13-21(4)15-19-25/h14-15,19H,6-13,16-18,20H2,1-5H3. The van der Waals surface area contributed by atoms with Crippen molar-refractivity contribution in [3.63, 3.8) is 0 Å². The van der Waals surface area contributed by atoms with E-state index >= 15 is 0 Å². The molecule has 2 heteroatoms. The maximum Gasteiger partial charge on any atom is 0.142 e. The average molecular weight is 363 g/mol. The van der Waals surface area contributed by atoms with E-state index in [9.17, 15) is 9.59 Å². The van der Waals surface area contributed by atoms with Gasteiger partial charge < -0.3 is 0 Å². The Morgan fingerprint density at radius 2 is 1.38 bits per heavy atom. The molecule has 0 aromatic rings. The van der Waals surface area contributed by atoms with Crippen molar-refractivity contribution in [1.29, 1.82) is 0 Å². The monoisotopic (exact) mass is 362 g/mol. The zero-order valence-corrected chi connectivity index (χ0v) is 18.0. The van der Waals surface area contributed by atoms with Crippen LogP contribution < -0.4 is 0 Å². The van der Waals surface area contributed by atoms with E-state index in [1.165, 1.54) is 63.4 Å². The molecule has 0 saturated heterocycles. The number of unbranched alkanes of at least 4 members (excludes halogenated alkanes) is 3. The molecule has 2 nitrogen and oxygen atoms in total. The van der Waals surface area contributed by atoms with Gasteiger partial charge in [-0.1, -0.05) is 76.5 Å². The summed E-state index contributed by atoms with van der Waals surface area (Å²) < 4.78 is 0. The first-order chi connectivity index (χ1) is 12.5. The fraction of sp³-hybridized carbons (Fsp3) is 0.750. The summed E-state index contributed by atoms with van der Waals surface area (Å²) in [4.78, 5) is 22.7. The number of ketones is 1. The molecule has 0 aliphatic carbocycles. The minimum Gasteiger partial charge on any atom is -0.300 e. The van der Waals surface area contributed by atoms with Crippen LogP contribution in [0.25, 0.3) is 0 Å². The zero-order chi connectivity index (χ0) is 19.8. The van der Waals surface area contributed by atoms with Crippen molar-refractivity contribution < 1.29 is 9.59 Å². The van der Waals surface area contributed by atoms with Crippen molar-refractivity contribution in [2.75, 3.05) is 0 Å². The minimum absolute atomic E-state index is 0.190. The third kappa shape index (κ3) is 10.1. The Labute approximate surface area is 162 Å². The van der Waals surface area contributed by atoms with Crippen molar-refractivity contribution >= 4 is 12.1 Å². The Morgan fingerprint density at radius 1 is 0.885 bits per heavy atom. The van der Waals surface area contributed by atoms with Crippen molar-refractivity contribution in [2.45, 2.75) is 112 Å². The molecule has 0 radical (unpaired) electrons. The molecule has 0 spiro atoms. The van der Waals surface area contributed by atoms with E-state index in [1.807, 2.05) is 6.92 Å². The first-order valence-corrected chi connectivity index (χ1v) is 10.8.